The van der Waals surface area contributed by atoms with E-state index in [4.69, 9.17) is 0 Å². The molecule has 0 saturated carbocycles. The molecule has 29 heavy (non-hydrogen) atoms. The van der Waals surface area contributed by atoms with Gasteiger partial charge in [-0.2, -0.15) is 14.5 Å². The van der Waals surface area contributed by atoms with Gasteiger partial charge in [0.05, 0.1) is 29.5 Å². The average Bonchev–Trinajstić information content (AvgIpc) is 3.24. The zero-order valence-corrected chi connectivity index (χ0v) is 18.5. The van der Waals surface area contributed by atoms with Crippen molar-refractivity contribution in [2.24, 2.45) is 13.0 Å². The molecule has 1 amide bonds. The van der Waals surface area contributed by atoms with Gasteiger partial charge in [0, 0.05) is 38.4 Å². The van der Waals surface area contributed by atoms with Crippen LogP contribution in [0.1, 0.15) is 49.7 Å². The fourth-order valence-electron chi connectivity index (χ4n) is 3.77. The molecular weight excluding hydrogens is 392 g/mol. The molecule has 0 aliphatic carbocycles. The van der Waals surface area contributed by atoms with Crippen molar-refractivity contribution in [1.29, 1.82) is 0 Å². The van der Waals surface area contributed by atoms with Crippen LogP contribution in [0.4, 0.5) is 0 Å². The van der Waals surface area contributed by atoms with Gasteiger partial charge in [-0.15, -0.1) is 0 Å². The zero-order valence-electron chi connectivity index (χ0n) is 17.7. The Bertz CT molecular complexity index is 994. The van der Waals surface area contributed by atoms with Gasteiger partial charge >= 0.3 is 0 Å². The van der Waals surface area contributed by atoms with Crippen LogP contribution in [-0.4, -0.2) is 51.3 Å². The number of amides is 1. The molecule has 2 aromatic heterocycles. The predicted molar refractivity (Wildman–Crippen MR) is 109 cm³/mol. The third kappa shape index (κ3) is 4.23. The van der Waals surface area contributed by atoms with Crippen molar-refractivity contribution in [2.75, 3.05) is 13.1 Å². The van der Waals surface area contributed by atoms with Crippen molar-refractivity contribution in [2.45, 2.75) is 58.0 Å². The molecule has 0 bridgehead atoms. The second-order valence-electron chi connectivity index (χ2n) is 7.68. The first-order valence-corrected chi connectivity index (χ1v) is 11.4. The lowest BCUT2D eigenvalue weighted by Crippen LogP contribution is -2.45. The van der Waals surface area contributed by atoms with Gasteiger partial charge in [0.15, 0.2) is 0 Å². The third-order valence-electron chi connectivity index (χ3n) is 5.70. The van der Waals surface area contributed by atoms with E-state index in [0.717, 1.165) is 17.8 Å². The Hall–Kier alpha value is -2.20. The third-order valence-corrected chi connectivity index (χ3v) is 7.66. The summed E-state index contributed by atoms with van der Waals surface area (Å²) in [6.07, 6.45) is 4.65. The maximum Gasteiger partial charge on any atom is 0.246 e. The lowest BCUT2D eigenvalue weighted by Gasteiger charge is -2.31. The van der Waals surface area contributed by atoms with Crippen LogP contribution < -0.4 is 5.32 Å². The quantitative estimate of drug-likeness (QED) is 0.761. The van der Waals surface area contributed by atoms with Crippen LogP contribution >= 0.6 is 0 Å². The second kappa shape index (κ2) is 8.27. The van der Waals surface area contributed by atoms with Crippen molar-refractivity contribution in [3.63, 3.8) is 0 Å². The number of nitrogens with one attached hydrogen (secondary N) is 1. The van der Waals surface area contributed by atoms with Crippen LogP contribution in [0.15, 0.2) is 17.3 Å². The number of hydrogen-bond donors (Lipinski definition) is 1. The Morgan fingerprint density at radius 1 is 1.38 bits per heavy atom. The number of nitrogens with zero attached hydrogens (tertiary/aromatic N) is 5. The molecule has 2 aromatic rings. The van der Waals surface area contributed by atoms with E-state index >= 15 is 0 Å². The van der Waals surface area contributed by atoms with E-state index in [1.54, 1.807) is 18.7 Å². The molecule has 9 nitrogen and oxygen atoms in total. The second-order valence-corrected chi connectivity index (χ2v) is 9.58. The number of aromatic nitrogens is 4. The minimum Gasteiger partial charge on any atom is -0.349 e. The van der Waals surface area contributed by atoms with Crippen LogP contribution in [0.3, 0.4) is 0 Å². The standard InChI is InChI=1S/C19H30N6O3S/c1-6-24-12-17(14(3)22-24)13(2)21-19(26)16-8-7-9-25(11-16)29(27,28)18-10-20-23(5)15(18)4/h10,12-13,16H,6-9,11H2,1-5H3,(H,21,26)/t13-,16+/m0/s1. The molecule has 0 radical (unpaired) electrons. The van der Waals surface area contributed by atoms with E-state index in [2.05, 4.69) is 15.5 Å². The van der Waals surface area contributed by atoms with Crippen LogP contribution in [0.25, 0.3) is 0 Å². The number of carbonyl (C=O) groups excluding carboxylic acids is 1. The summed E-state index contributed by atoms with van der Waals surface area (Å²) in [5, 5.41) is 11.5. The first kappa shape index (κ1) is 21.5. The van der Waals surface area contributed by atoms with E-state index in [1.807, 2.05) is 31.6 Å². The fraction of sp³-hybridized carbons (Fsp3) is 0.632. The molecule has 0 spiro atoms. The predicted octanol–water partition coefficient (Wildman–Crippen LogP) is 1.53. The Balaban J connectivity index is 1.70. The SMILES string of the molecule is CCn1cc([C@H](C)NC(=O)[C@@H]2CCCN(S(=O)(=O)c3cnn(C)c3C)C2)c(C)n1. The van der Waals surface area contributed by atoms with E-state index in [-0.39, 0.29) is 29.3 Å². The van der Waals surface area contributed by atoms with Gasteiger partial charge in [-0.1, -0.05) is 0 Å². The normalized spacial score (nSPS) is 19.3. The summed E-state index contributed by atoms with van der Waals surface area (Å²) in [6.45, 7) is 8.97. The molecule has 2 atom stereocenters. The van der Waals surface area contributed by atoms with Gasteiger partial charge in [0.25, 0.3) is 0 Å². The van der Waals surface area contributed by atoms with Gasteiger partial charge in [-0.05, 0) is 40.5 Å². The smallest absolute Gasteiger partial charge is 0.246 e. The Morgan fingerprint density at radius 3 is 2.69 bits per heavy atom. The number of carbonyl (C=O) groups is 1. The first-order valence-electron chi connectivity index (χ1n) is 9.98. The Morgan fingerprint density at radius 2 is 2.10 bits per heavy atom. The summed E-state index contributed by atoms with van der Waals surface area (Å²) in [5.74, 6) is -0.497. The molecule has 1 fully saturated rings. The maximum absolute atomic E-state index is 13.0. The van der Waals surface area contributed by atoms with Gasteiger partial charge < -0.3 is 5.32 Å². The van der Waals surface area contributed by atoms with Crippen molar-refractivity contribution in [1.82, 2.24) is 29.2 Å². The summed E-state index contributed by atoms with van der Waals surface area (Å²) in [4.78, 5) is 13.1. The molecule has 10 heteroatoms. The van der Waals surface area contributed by atoms with Gasteiger partial charge in [0.1, 0.15) is 4.90 Å². The molecule has 3 rings (SSSR count). The molecule has 160 valence electrons. The van der Waals surface area contributed by atoms with Crippen molar-refractivity contribution >= 4 is 15.9 Å². The topological polar surface area (TPSA) is 102 Å². The van der Waals surface area contributed by atoms with E-state index in [1.165, 1.54) is 10.5 Å². The number of piperidine rings is 1. The minimum atomic E-state index is -3.67. The summed E-state index contributed by atoms with van der Waals surface area (Å²) in [7, 11) is -1.96. The van der Waals surface area contributed by atoms with E-state index in [9.17, 15) is 13.2 Å². The Kier molecular flexibility index (Phi) is 6.13. The highest BCUT2D eigenvalue weighted by Gasteiger charge is 2.35. The number of hydrogen-bond acceptors (Lipinski definition) is 5. The lowest BCUT2D eigenvalue weighted by molar-refractivity contribution is -0.126. The maximum atomic E-state index is 13.0. The molecular formula is C19H30N6O3S. The highest BCUT2D eigenvalue weighted by Crippen LogP contribution is 2.26. The van der Waals surface area contributed by atoms with E-state index < -0.39 is 10.0 Å². The summed E-state index contributed by atoms with van der Waals surface area (Å²) >= 11 is 0. The number of sulfonamides is 1. The summed E-state index contributed by atoms with van der Waals surface area (Å²) in [5.41, 5.74) is 2.46. The first-order chi connectivity index (χ1) is 13.6. The van der Waals surface area contributed by atoms with Crippen molar-refractivity contribution in [3.05, 3.63) is 29.3 Å². The molecule has 1 N–H and O–H groups in total. The molecule has 1 saturated heterocycles. The molecule has 1 aliphatic heterocycles. The molecule has 3 heterocycles. The van der Waals surface area contributed by atoms with E-state index in [0.29, 0.717) is 25.1 Å². The van der Waals surface area contributed by atoms with Gasteiger partial charge in [-0.3, -0.25) is 14.2 Å². The Labute approximate surface area is 172 Å². The monoisotopic (exact) mass is 422 g/mol. The molecule has 1 aliphatic rings. The minimum absolute atomic E-state index is 0.121. The van der Waals surface area contributed by atoms with Crippen LogP contribution in [0, 0.1) is 19.8 Å². The van der Waals surface area contributed by atoms with Crippen molar-refractivity contribution < 1.29 is 13.2 Å². The summed E-state index contributed by atoms with van der Waals surface area (Å²) < 4.78 is 30.9. The zero-order chi connectivity index (χ0) is 21.3. The fourth-order valence-corrected chi connectivity index (χ4v) is 5.48. The largest absolute Gasteiger partial charge is 0.349 e. The number of aryl methyl sites for hydroxylation is 3. The lowest BCUT2D eigenvalue weighted by atomic mass is 9.98. The number of rotatable bonds is 6. The highest BCUT2D eigenvalue weighted by atomic mass is 32.2. The van der Waals surface area contributed by atoms with Gasteiger partial charge in [0.2, 0.25) is 15.9 Å². The van der Waals surface area contributed by atoms with Crippen molar-refractivity contribution in [3.8, 4) is 0 Å². The van der Waals surface area contributed by atoms with Crippen LogP contribution in [0.5, 0.6) is 0 Å². The molecule has 0 unspecified atom stereocenters. The molecule has 0 aromatic carbocycles. The average molecular weight is 423 g/mol. The summed E-state index contributed by atoms with van der Waals surface area (Å²) in [6, 6.07) is -0.185. The van der Waals surface area contributed by atoms with Gasteiger partial charge in [-0.25, -0.2) is 8.42 Å². The van der Waals surface area contributed by atoms with Crippen LogP contribution in [-0.2, 0) is 28.4 Å². The van der Waals surface area contributed by atoms with Crippen LogP contribution in [0.2, 0.25) is 0 Å². The highest BCUT2D eigenvalue weighted by molar-refractivity contribution is 7.89.